The van der Waals surface area contributed by atoms with Crippen LogP contribution < -0.4 is 0 Å². The average molecular weight is 208 g/mol. The van der Waals surface area contributed by atoms with Crippen LogP contribution in [0.25, 0.3) is 0 Å². The molecule has 0 aliphatic carbocycles. The molecule has 47 valence electrons. The van der Waals surface area contributed by atoms with Gasteiger partial charge in [-0.05, 0) is 12.8 Å². The molecular formula is C4H6Cl3Ti. The van der Waals surface area contributed by atoms with Gasteiger partial charge in [-0.3, -0.25) is 0 Å². The van der Waals surface area contributed by atoms with E-state index in [-0.39, 0.29) is 21.7 Å². The fourth-order valence-corrected chi connectivity index (χ4v) is 0.601. The van der Waals surface area contributed by atoms with Gasteiger partial charge in [-0.1, -0.05) is 41.7 Å². The van der Waals surface area contributed by atoms with Crippen molar-refractivity contribution in [2.24, 2.45) is 0 Å². The van der Waals surface area contributed by atoms with Crippen LogP contribution in [0.5, 0.6) is 0 Å². The minimum Gasteiger partial charge on any atom is -0.0837 e. The first kappa shape index (κ1) is 12.3. The van der Waals surface area contributed by atoms with Crippen molar-refractivity contribution < 1.29 is 21.7 Å². The van der Waals surface area contributed by atoms with Crippen molar-refractivity contribution in [1.82, 2.24) is 0 Å². The van der Waals surface area contributed by atoms with E-state index in [0.29, 0.717) is 12.8 Å². The summed E-state index contributed by atoms with van der Waals surface area (Å²) in [5.41, 5.74) is 0. The van der Waals surface area contributed by atoms with Crippen molar-refractivity contribution in [3.63, 3.8) is 0 Å². The molecule has 0 fully saturated rings. The zero-order valence-corrected chi connectivity index (χ0v) is 8.08. The van der Waals surface area contributed by atoms with Crippen LogP contribution in [0.1, 0.15) is 12.8 Å². The largest absolute Gasteiger partial charge is 0.190 e. The number of alkyl halides is 3. The van der Waals surface area contributed by atoms with Gasteiger partial charge in [0.25, 0.3) is 0 Å². The van der Waals surface area contributed by atoms with Gasteiger partial charge in [-0.15, -0.1) is 0 Å². The summed E-state index contributed by atoms with van der Waals surface area (Å²) in [5, 5.41) is 0. The molecule has 0 aromatic rings. The Balaban J connectivity index is 0. The van der Waals surface area contributed by atoms with Crippen LogP contribution in [-0.4, -0.2) is 3.79 Å². The summed E-state index contributed by atoms with van der Waals surface area (Å²) in [6.45, 7) is 3.52. The fraction of sp³-hybridized carbons (Fsp3) is 0.750. The second-order valence-corrected chi connectivity index (χ2v) is 3.73. The summed E-state index contributed by atoms with van der Waals surface area (Å²) in [6.07, 6.45) is 1.19. The third-order valence-electron chi connectivity index (χ3n) is 0.460. The molecule has 0 rings (SSSR count). The zero-order chi connectivity index (χ0) is 5.91. The Morgan fingerprint density at radius 1 is 1.25 bits per heavy atom. The maximum Gasteiger partial charge on any atom is 0.190 e. The van der Waals surface area contributed by atoms with Gasteiger partial charge in [0, 0.05) is 21.7 Å². The third-order valence-corrected chi connectivity index (χ3v) is 1.03. The van der Waals surface area contributed by atoms with Gasteiger partial charge in [-0.25, -0.2) is 0 Å². The maximum atomic E-state index is 5.32. The molecule has 0 heterocycles. The van der Waals surface area contributed by atoms with Crippen molar-refractivity contribution in [2.75, 3.05) is 0 Å². The monoisotopic (exact) mass is 207 g/mol. The summed E-state index contributed by atoms with van der Waals surface area (Å²) < 4.78 is -1.10. The minimum atomic E-state index is -1.10. The van der Waals surface area contributed by atoms with Crippen LogP contribution in [0.4, 0.5) is 0 Å². The quantitative estimate of drug-likeness (QED) is 0.459. The minimum absolute atomic E-state index is 0. The van der Waals surface area contributed by atoms with Crippen molar-refractivity contribution in [2.45, 2.75) is 16.6 Å². The molecular weight excluding hydrogens is 202 g/mol. The molecule has 0 aromatic heterocycles. The van der Waals surface area contributed by atoms with Crippen LogP contribution in [-0.2, 0) is 21.7 Å². The SMILES string of the molecule is [CH2]CCC(Cl)(Cl)Cl.[Ti]. The standard InChI is InChI=1S/C4H6Cl3.Ti/c1-2-3-4(5,6)7;/h1-3H2;. The van der Waals surface area contributed by atoms with E-state index in [0.717, 1.165) is 0 Å². The predicted molar refractivity (Wildman–Crippen MR) is 34.9 cm³/mol. The van der Waals surface area contributed by atoms with Gasteiger partial charge in [0.2, 0.25) is 0 Å². The summed E-state index contributed by atoms with van der Waals surface area (Å²) in [4.78, 5) is 0. The molecule has 0 unspecified atom stereocenters. The molecule has 0 bridgehead atoms. The Morgan fingerprint density at radius 3 is 1.62 bits per heavy atom. The van der Waals surface area contributed by atoms with E-state index in [1.54, 1.807) is 0 Å². The van der Waals surface area contributed by atoms with Gasteiger partial charge in [0.05, 0.1) is 0 Å². The smallest absolute Gasteiger partial charge is 0.0837 e. The van der Waals surface area contributed by atoms with Crippen LogP contribution in [0.15, 0.2) is 0 Å². The van der Waals surface area contributed by atoms with E-state index in [1.807, 2.05) is 0 Å². The predicted octanol–water partition coefficient (Wildman–Crippen LogP) is 2.97. The molecule has 0 aliphatic rings. The van der Waals surface area contributed by atoms with E-state index in [1.165, 1.54) is 0 Å². The second-order valence-electron chi connectivity index (χ2n) is 1.22. The van der Waals surface area contributed by atoms with E-state index in [4.69, 9.17) is 34.8 Å². The molecule has 0 saturated carbocycles. The van der Waals surface area contributed by atoms with Gasteiger partial charge < -0.3 is 0 Å². The zero-order valence-electron chi connectivity index (χ0n) is 4.26. The summed E-state index contributed by atoms with van der Waals surface area (Å²) in [5.74, 6) is 0. The first-order valence-corrected chi connectivity index (χ1v) is 3.05. The van der Waals surface area contributed by atoms with Crippen LogP contribution >= 0.6 is 34.8 Å². The van der Waals surface area contributed by atoms with Crippen molar-refractivity contribution in [3.8, 4) is 0 Å². The van der Waals surface area contributed by atoms with E-state index >= 15 is 0 Å². The summed E-state index contributed by atoms with van der Waals surface area (Å²) >= 11 is 16.0. The molecule has 0 N–H and O–H groups in total. The molecule has 4 heteroatoms. The topological polar surface area (TPSA) is 0 Å². The Morgan fingerprint density at radius 2 is 1.62 bits per heavy atom. The Labute approximate surface area is 79.8 Å². The van der Waals surface area contributed by atoms with Gasteiger partial charge in [-0.2, -0.15) is 0 Å². The van der Waals surface area contributed by atoms with Crippen molar-refractivity contribution in [3.05, 3.63) is 6.92 Å². The normalized spacial score (nSPS) is 10.5. The van der Waals surface area contributed by atoms with Gasteiger partial charge >= 0.3 is 0 Å². The van der Waals surface area contributed by atoms with E-state index < -0.39 is 3.79 Å². The second kappa shape index (κ2) is 5.38. The number of hydrogen-bond donors (Lipinski definition) is 0. The fourth-order valence-electron chi connectivity index (χ4n) is 0.200. The van der Waals surface area contributed by atoms with Gasteiger partial charge in [0.1, 0.15) is 0 Å². The summed E-state index contributed by atoms with van der Waals surface area (Å²) in [6, 6.07) is 0. The van der Waals surface area contributed by atoms with Gasteiger partial charge in [0.15, 0.2) is 3.79 Å². The maximum absolute atomic E-state index is 5.32. The molecule has 0 atom stereocenters. The van der Waals surface area contributed by atoms with Crippen LogP contribution in [0, 0.1) is 6.92 Å². The Bertz CT molecular complexity index is 49.7. The van der Waals surface area contributed by atoms with E-state index in [2.05, 4.69) is 6.92 Å². The van der Waals surface area contributed by atoms with Crippen molar-refractivity contribution >= 4 is 34.8 Å². The molecule has 0 nitrogen and oxygen atoms in total. The molecule has 0 aliphatic heterocycles. The van der Waals surface area contributed by atoms with Crippen LogP contribution in [0.3, 0.4) is 0 Å². The first-order valence-electron chi connectivity index (χ1n) is 1.92. The molecule has 0 amide bonds. The molecule has 8 heavy (non-hydrogen) atoms. The third kappa shape index (κ3) is 10.5. The number of hydrogen-bond acceptors (Lipinski definition) is 0. The molecule has 0 aromatic carbocycles. The first-order chi connectivity index (χ1) is 3.06. The summed E-state index contributed by atoms with van der Waals surface area (Å²) in [7, 11) is 0. The van der Waals surface area contributed by atoms with Crippen molar-refractivity contribution in [1.29, 1.82) is 0 Å². The number of rotatable bonds is 1. The average Bonchev–Trinajstić information content (AvgIpc) is 1.30. The molecule has 0 spiro atoms. The molecule has 1 radical (unpaired) electrons. The Kier molecular flexibility index (Phi) is 8.25. The van der Waals surface area contributed by atoms with E-state index in [9.17, 15) is 0 Å². The Hall–Kier alpha value is 1.58. The van der Waals surface area contributed by atoms with Crippen LogP contribution in [0.2, 0.25) is 0 Å². The number of halogens is 3. The molecule has 0 saturated heterocycles.